The summed E-state index contributed by atoms with van der Waals surface area (Å²) < 4.78 is 0. The first-order valence-corrected chi connectivity index (χ1v) is 6.17. The molecule has 1 aliphatic rings. The maximum atomic E-state index is 6.17. The monoisotopic (exact) mass is 235 g/mol. The van der Waals surface area contributed by atoms with E-state index in [1.165, 1.54) is 24.0 Å². The molecule has 1 saturated carbocycles. The van der Waals surface area contributed by atoms with Gasteiger partial charge in [-0.05, 0) is 37.3 Å². The topological polar surface area (TPSA) is 12.0 Å². The third kappa shape index (κ3) is 2.66. The number of nitrogens with one attached hydrogen (secondary N) is 1. The van der Waals surface area contributed by atoms with Crippen molar-refractivity contribution in [3.05, 3.63) is 47.0 Å². The summed E-state index contributed by atoms with van der Waals surface area (Å²) in [6.45, 7) is 6.88. The molecule has 1 aliphatic carbocycles. The Kier molecular flexibility index (Phi) is 3.67. The van der Waals surface area contributed by atoms with Gasteiger partial charge in [0.15, 0.2) is 0 Å². The lowest BCUT2D eigenvalue weighted by Gasteiger charge is -2.37. The Hall–Kier alpha value is -0.790. The highest BCUT2D eigenvalue weighted by Gasteiger charge is 2.30. The molecule has 0 unspecified atom stereocenters. The van der Waals surface area contributed by atoms with Crippen LogP contribution in [0.4, 0.5) is 0 Å². The summed E-state index contributed by atoms with van der Waals surface area (Å²) in [5, 5.41) is 4.40. The molecule has 0 atom stereocenters. The summed E-state index contributed by atoms with van der Waals surface area (Å²) in [5.41, 5.74) is 2.50. The van der Waals surface area contributed by atoms with Crippen LogP contribution in [0.15, 0.2) is 36.4 Å². The van der Waals surface area contributed by atoms with Crippen LogP contribution >= 0.6 is 11.6 Å². The Morgan fingerprint density at radius 3 is 2.75 bits per heavy atom. The van der Waals surface area contributed by atoms with E-state index < -0.39 is 0 Å². The third-order valence-corrected chi connectivity index (χ3v) is 3.52. The van der Waals surface area contributed by atoms with E-state index in [1.807, 2.05) is 12.1 Å². The van der Waals surface area contributed by atoms with Crippen LogP contribution in [-0.4, -0.2) is 12.6 Å². The average molecular weight is 236 g/mol. The third-order valence-electron chi connectivity index (χ3n) is 3.18. The minimum absolute atomic E-state index is 0.635. The van der Waals surface area contributed by atoms with Crippen LogP contribution in [0.25, 0.3) is 0 Å². The van der Waals surface area contributed by atoms with Gasteiger partial charge in [0.1, 0.15) is 0 Å². The van der Waals surface area contributed by atoms with Crippen LogP contribution in [0, 0.1) is 0 Å². The fourth-order valence-corrected chi connectivity index (χ4v) is 2.45. The lowest BCUT2D eigenvalue weighted by atomic mass is 9.76. The van der Waals surface area contributed by atoms with Crippen LogP contribution in [-0.2, 0) is 0 Å². The van der Waals surface area contributed by atoms with Gasteiger partial charge in [0, 0.05) is 17.6 Å². The molecular formula is C14H18ClN. The summed E-state index contributed by atoms with van der Waals surface area (Å²) in [7, 11) is 0. The van der Waals surface area contributed by atoms with E-state index in [-0.39, 0.29) is 0 Å². The number of hydrogen-bond acceptors (Lipinski definition) is 1. The zero-order chi connectivity index (χ0) is 11.5. The number of halogens is 1. The van der Waals surface area contributed by atoms with Crippen LogP contribution in [0.5, 0.6) is 0 Å². The summed E-state index contributed by atoms with van der Waals surface area (Å²) in [4.78, 5) is 0. The van der Waals surface area contributed by atoms with Crippen LogP contribution in [0.1, 0.15) is 31.2 Å². The van der Waals surface area contributed by atoms with Crippen molar-refractivity contribution in [1.29, 1.82) is 0 Å². The van der Waals surface area contributed by atoms with E-state index in [1.54, 1.807) is 0 Å². The molecule has 2 rings (SSSR count). The molecule has 1 aromatic carbocycles. The van der Waals surface area contributed by atoms with Gasteiger partial charge in [-0.1, -0.05) is 42.0 Å². The van der Waals surface area contributed by atoms with Gasteiger partial charge in [-0.2, -0.15) is 0 Å². The highest BCUT2D eigenvalue weighted by molar-refractivity contribution is 6.31. The molecule has 0 radical (unpaired) electrons. The maximum Gasteiger partial charge on any atom is 0.0440 e. The molecule has 1 N–H and O–H groups in total. The molecule has 2 heteroatoms. The molecule has 0 heterocycles. The fraction of sp³-hybridized carbons (Fsp3) is 0.429. The summed E-state index contributed by atoms with van der Waals surface area (Å²) in [6, 6.07) is 8.81. The summed E-state index contributed by atoms with van der Waals surface area (Å²) in [5.74, 6) is 0.635. The lowest BCUT2D eigenvalue weighted by molar-refractivity contribution is 0.298. The Balaban J connectivity index is 1.84. The average Bonchev–Trinajstić information content (AvgIpc) is 2.17. The Morgan fingerprint density at radius 1 is 1.44 bits per heavy atom. The fourth-order valence-electron chi connectivity index (χ4n) is 2.16. The van der Waals surface area contributed by atoms with Crippen molar-refractivity contribution in [2.45, 2.75) is 31.7 Å². The Bertz CT molecular complexity index is 380. The van der Waals surface area contributed by atoms with E-state index in [0.29, 0.717) is 12.0 Å². The first kappa shape index (κ1) is 11.7. The second-order valence-electron chi connectivity index (χ2n) is 4.72. The molecule has 16 heavy (non-hydrogen) atoms. The molecular weight excluding hydrogens is 218 g/mol. The van der Waals surface area contributed by atoms with Gasteiger partial charge in [0.05, 0.1) is 0 Å². The minimum atomic E-state index is 0.635. The SMILES string of the molecule is C=C(C)CNC1CC(c2ccccc2Cl)C1. The van der Waals surface area contributed by atoms with E-state index >= 15 is 0 Å². The molecule has 0 aliphatic heterocycles. The van der Waals surface area contributed by atoms with Crippen LogP contribution < -0.4 is 5.32 Å². The molecule has 1 aromatic rings. The molecule has 1 fully saturated rings. The molecule has 0 bridgehead atoms. The summed E-state index contributed by atoms with van der Waals surface area (Å²) in [6.07, 6.45) is 2.38. The second kappa shape index (κ2) is 5.03. The van der Waals surface area contributed by atoms with Crippen molar-refractivity contribution in [3.8, 4) is 0 Å². The molecule has 0 amide bonds. The van der Waals surface area contributed by atoms with Gasteiger partial charge in [0.25, 0.3) is 0 Å². The first-order chi connectivity index (χ1) is 7.66. The Labute approximate surface area is 103 Å². The minimum Gasteiger partial charge on any atom is -0.310 e. The van der Waals surface area contributed by atoms with Gasteiger partial charge >= 0.3 is 0 Å². The highest BCUT2D eigenvalue weighted by Crippen LogP contribution is 2.39. The van der Waals surface area contributed by atoms with Crippen molar-refractivity contribution < 1.29 is 0 Å². The van der Waals surface area contributed by atoms with Gasteiger partial charge in [-0.3, -0.25) is 0 Å². The maximum absolute atomic E-state index is 6.17. The van der Waals surface area contributed by atoms with Gasteiger partial charge in [-0.15, -0.1) is 0 Å². The van der Waals surface area contributed by atoms with Crippen molar-refractivity contribution >= 4 is 11.6 Å². The van der Waals surface area contributed by atoms with Crippen LogP contribution in [0.2, 0.25) is 5.02 Å². The van der Waals surface area contributed by atoms with Gasteiger partial charge in [-0.25, -0.2) is 0 Å². The van der Waals surface area contributed by atoms with Crippen molar-refractivity contribution in [2.75, 3.05) is 6.54 Å². The largest absolute Gasteiger partial charge is 0.310 e. The zero-order valence-electron chi connectivity index (χ0n) is 9.67. The van der Waals surface area contributed by atoms with Crippen molar-refractivity contribution in [3.63, 3.8) is 0 Å². The predicted molar refractivity (Wildman–Crippen MR) is 70.0 cm³/mol. The molecule has 0 aromatic heterocycles. The first-order valence-electron chi connectivity index (χ1n) is 5.79. The number of hydrogen-bond donors (Lipinski definition) is 1. The van der Waals surface area contributed by atoms with E-state index in [4.69, 9.17) is 11.6 Å². The molecule has 0 spiro atoms. The summed E-state index contributed by atoms with van der Waals surface area (Å²) >= 11 is 6.17. The van der Waals surface area contributed by atoms with E-state index in [9.17, 15) is 0 Å². The zero-order valence-corrected chi connectivity index (χ0v) is 10.4. The number of benzene rings is 1. The smallest absolute Gasteiger partial charge is 0.0440 e. The standard InChI is InChI=1S/C14H18ClN/c1-10(2)9-16-12-7-11(8-12)13-5-3-4-6-14(13)15/h3-6,11-12,16H,1,7-9H2,2H3. The molecule has 0 saturated heterocycles. The van der Waals surface area contributed by atoms with E-state index in [2.05, 4.69) is 31.0 Å². The molecule has 86 valence electrons. The van der Waals surface area contributed by atoms with E-state index in [0.717, 1.165) is 11.6 Å². The van der Waals surface area contributed by atoms with Crippen molar-refractivity contribution in [2.24, 2.45) is 0 Å². The normalized spacial score (nSPS) is 23.9. The van der Waals surface area contributed by atoms with Crippen LogP contribution in [0.3, 0.4) is 0 Å². The Morgan fingerprint density at radius 2 is 2.12 bits per heavy atom. The number of rotatable bonds is 4. The quantitative estimate of drug-likeness (QED) is 0.784. The van der Waals surface area contributed by atoms with Gasteiger partial charge < -0.3 is 5.32 Å². The predicted octanol–water partition coefficient (Wildman–Crippen LogP) is 3.75. The molecule has 1 nitrogen and oxygen atoms in total. The highest BCUT2D eigenvalue weighted by atomic mass is 35.5. The lowest BCUT2D eigenvalue weighted by Crippen LogP contribution is -2.40. The van der Waals surface area contributed by atoms with Crippen molar-refractivity contribution in [1.82, 2.24) is 5.32 Å². The second-order valence-corrected chi connectivity index (χ2v) is 5.13. The van der Waals surface area contributed by atoms with Gasteiger partial charge in [0.2, 0.25) is 0 Å².